The third kappa shape index (κ3) is 1.78. The Morgan fingerprint density at radius 1 is 1.39 bits per heavy atom. The van der Waals surface area contributed by atoms with Gasteiger partial charge in [-0.1, -0.05) is 0 Å². The van der Waals surface area contributed by atoms with Crippen molar-refractivity contribution in [3.63, 3.8) is 0 Å². The molecule has 1 unspecified atom stereocenters. The molecule has 0 radical (unpaired) electrons. The molecule has 3 N–H and O–H groups in total. The van der Waals surface area contributed by atoms with Gasteiger partial charge in [0, 0.05) is 29.2 Å². The Hall–Kier alpha value is -1.81. The summed E-state index contributed by atoms with van der Waals surface area (Å²) < 4.78 is 0. The number of anilines is 1. The number of fused-ring (bicyclic) bond motifs is 1. The number of rotatable bonds is 1. The number of hydrogen-bond donors (Lipinski definition) is 2. The van der Waals surface area contributed by atoms with Crippen LogP contribution >= 0.6 is 0 Å². The fourth-order valence-electron chi connectivity index (χ4n) is 2.70. The minimum absolute atomic E-state index is 0.0503. The number of aryl methyl sites for hydroxylation is 1. The third-order valence-electron chi connectivity index (χ3n) is 3.66. The Morgan fingerprint density at radius 2 is 2.22 bits per heavy atom. The number of nitrogens with zero attached hydrogens (tertiary/aromatic N) is 1. The predicted molar refractivity (Wildman–Crippen MR) is 73.9 cm³/mol. The zero-order chi connectivity index (χ0) is 12.7. The topological polar surface area (TPSA) is 62.1 Å². The zero-order valence-electron chi connectivity index (χ0n) is 10.4. The molecule has 2 heterocycles. The van der Waals surface area contributed by atoms with Crippen molar-refractivity contribution in [3.8, 4) is 0 Å². The summed E-state index contributed by atoms with van der Waals surface area (Å²) in [5.41, 5.74) is 9.07. The van der Waals surface area contributed by atoms with Gasteiger partial charge in [0.05, 0.1) is 6.17 Å². The molecule has 1 saturated heterocycles. The average Bonchev–Trinajstić information content (AvgIpc) is 2.75. The van der Waals surface area contributed by atoms with Crippen LogP contribution < -0.4 is 16.2 Å². The van der Waals surface area contributed by atoms with Crippen LogP contribution in [-0.2, 0) is 0 Å². The first-order valence-electron chi connectivity index (χ1n) is 6.31. The molecular formula is C14H17N3O. The first-order chi connectivity index (χ1) is 8.65. The number of H-pyrrole nitrogens is 1. The molecule has 0 amide bonds. The number of pyridine rings is 1. The first-order valence-corrected chi connectivity index (χ1v) is 6.31. The lowest BCUT2D eigenvalue weighted by Gasteiger charge is -2.24. The van der Waals surface area contributed by atoms with Gasteiger partial charge in [-0.25, -0.2) is 0 Å². The molecule has 18 heavy (non-hydrogen) atoms. The number of nitrogens with one attached hydrogen (secondary N) is 1. The molecule has 1 aliphatic rings. The largest absolute Gasteiger partial charge is 0.356 e. The predicted octanol–water partition coefficient (Wildman–Crippen LogP) is 1.72. The number of hydrogen-bond acceptors (Lipinski definition) is 3. The Labute approximate surface area is 105 Å². The van der Waals surface area contributed by atoms with Crippen molar-refractivity contribution in [2.45, 2.75) is 25.9 Å². The lowest BCUT2D eigenvalue weighted by atomic mass is 10.1. The summed E-state index contributed by atoms with van der Waals surface area (Å²) >= 11 is 0. The van der Waals surface area contributed by atoms with Crippen molar-refractivity contribution in [1.82, 2.24) is 4.98 Å². The smallest absolute Gasteiger partial charge is 0.248 e. The molecule has 1 atom stereocenters. The van der Waals surface area contributed by atoms with Crippen LogP contribution in [0.15, 0.2) is 29.1 Å². The van der Waals surface area contributed by atoms with E-state index < -0.39 is 0 Å². The van der Waals surface area contributed by atoms with E-state index in [0.717, 1.165) is 41.5 Å². The quantitative estimate of drug-likeness (QED) is 0.801. The Bertz CT molecular complexity index is 647. The number of nitrogens with two attached hydrogens (primary N) is 1. The molecular weight excluding hydrogens is 226 g/mol. The number of aromatic nitrogens is 1. The lowest BCUT2D eigenvalue weighted by molar-refractivity contribution is 0.701. The molecule has 0 saturated carbocycles. The van der Waals surface area contributed by atoms with Gasteiger partial charge in [0.25, 0.3) is 0 Å². The second-order valence-electron chi connectivity index (χ2n) is 4.95. The third-order valence-corrected chi connectivity index (χ3v) is 3.66. The van der Waals surface area contributed by atoms with E-state index in [1.54, 1.807) is 6.07 Å². The van der Waals surface area contributed by atoms with E-state index in [2.05, 4.69) is 16.0 Å². The van der Waals surface area contributed by atoms with Crippen LogP contribution in [0.25, 0.3) is 10.9 Å². The minimum atomic E-state index is -0.0503. The van der Waals surface area contributed by atoms with E-state index in [4.69, 9.17) is 5.73 Å². The van der Waals surface area contributed by atoms with Gasteiger partial charge >= 0.3 is 0 Å². The van der Waals surface area contributed by atoms with Crippen LogP contribution in [0.3, 0.4) is 0 Å². The molecule has 94 valence electrons. The monoisotopic (exact) mass is 243 g/mol. The van der Waals surface area contributed by atoms with Crippen LogP contribution in [0, 0.1) is 6.92 Å². The van der Waals surface area contributed by atoms with Gasteiger partial charge in [-0.2, -0.15) is 0 Å². The molecule has 3 rings (SSSR count). The summed E-state index contributed by atoms with van der Waals surface area (Å²) in [7, 11) is 0. The number of benzene rings is 1. The summed E-state index contributed by atoms with van der Waals surface area (Å²) in [6, 6.07) is 7.74. The van der Waals surface area contributed by atoms with E-state index >= 15 is 0 Å². The maximum absolute atomic E-state index is 11.4. The zero-order valence-corrected chi connectivity index (χ0v) is 10.4. The maximum atomic E-state index is 11.4. The molecule has 4 nitrogen and oxygen atoms in total. The van der Waals surface area contributed by atoms with E-state index in [1.807, 2.05) is 19.1 Å². The highest BCUT2D eigenvalue weighted by Gasteiger charge is 2.21. The van der Waals surface area contributed by atoms with E-state index in [-0.39, 0.29) is 11.7 Å². The van der Waals surface area contributed by atoms with Gasteiger partial charge in [0.15, 0.2) is 0 Å². The molecule has 0 spiro atoms. The van der Waals surface area contributed by atoms with Crippen molar-refractivity contribution < 1.29 is 0 Å². The van der Waals surface area contributed by atoms with E-state index in [9.17, 15) is 4.79 Å². The highest BCUT2D eigenvalue weighted by atomic mass is 16.1. The van der Waals surface area contributed by atoms with Gasteiger partial charge in [0.2, 0.25) is 5.56 Å². The molecule has 0 aliphatic carbocycles. The Kier molecular flexibility index (Phi) is 2.59. The van der Waals surface area contributed by atoms with Crippen LogP contribution in [0.1, 0.15) is 18.4 Å². The van der Waals surface area contributed by atoms with Crippen molar-refractivity contribution in [1.29, 1.82) is 0 Å². The van der Waals surface area contributed by atoms with Crippen molar-refractivity contribution in [2.24, 2.45) is 5.73 Å². The maximum Gasteiger partial charge on any atom is 0.248 e. The SMILES string of the molecule is Cc1cc(=O)[nH]c2ccc(N3CCCC3N)cc12. The summed E-state index contributed by atoms with van der Waals surface area (Å²) in [5, 5.41) is 1.09. The first kappa shape index (κ1) is 11.3. The standard InChI is InChI=1S/C14H17N3O/c1-9-7-14(18)16-12-5-4-10(8-11(9)12)17-6-2-3-13(17)15/h4-5,7-8,13H,2-3,6,15H2,1H3,(H,16,18). The second kappa shape index (κ2) is 4.14. The van der Waals surface area contributed by atoms with Crippen molar-refractivity contribution in [3.05, 3.63) is 40.2 Å². The molecule has 2 aromatic rings. The van der Waals surface area contributed by atoms with Gasteiger partial charge in [-0.15, -0.1) is 0 Å². The van der Waals surface area contributed by atoms with Crippen molar-refractivity contribution in [2.75, 3.05) is 11.4 Å². The van der Waals surface area contributed by atoms with Crippen LogP contribution in [-0.4, -0.2) is 17.7 Å². The molecule has 1 aromatic heterocycles. The molecule has 1 aromatic carbocycles. The normalized spacial score (nSPS) is 19.7. The average molecular weight is 243 g/mol. The minimum Gasteiger partial charge on any atom is -0.356 e. The molecule has 4 heteroatoms. The summed E-state index contributed by atoms with van der Waals surface area (Å²) in [5.74, 6) is 0. The lowest BCUT2D eigenvalue weighted by Crippen LogP contribution is -2.36. The van der Waals surface area contributed by atoms with Gasteiger partial charge in [0.1, 0.15) is 0 Å². The highest BCUT2D eigenvalue weighted by molar-refractivity contribution is 5.85. The summed E-state index contributed by atoms with van der Waals surface area (Å²) in [6.45, 7) is 2.97. The molecule has 1 aliphatic heterocycles. The fourth-order valence-corrected chi connectivity index (χ4v) is 2.70. The Balaban J connectivity index is 2.13. The van der Waals surface area contributed by atoms with E-state index in [1.165, 1.54) is 0 Å². The van der Waals surface area contributed by atoms with Gasteiger partial charge in [-0.3, -0.25) is 4.79 Å². The molecule has 1 fully saturated rings. The van der Waals surface area contributed by atoms with Gasteiger partial charge < -0.3 is 15.6 Å². The molecule has 0 bridgehead atoms. The highest BCUT2D eigenvalue weighted by Crippen LogP contribution is 2.27. The van der Waals surface area contributed by atoms with Crippen LogP contribution in [0.2, 0.25) is 0 Å². The second-order valence-corrected chi connectivity index (χ2v) is 4.95. The van der Waals surface area contributed by atoms with Crippen molar-refractivity contribution >= 4 is 16.6 Å². The number of aromatic amines is 1. The van der Waals surface area contributed by atoms with E-state index in [0.29, 0.717) is 0 Å². The van der Waals surface area contributed by atoms with Crippen LogP contribution in [0.4, 0.5) is 5.69 Å². The fraction of sp³-hybridized carbons (Fsp3) is 0.357. The van der Waals surface area contributed by atoms with Crippen LogP contribution in [0.5, 0.6) is 0 Å². The summed E-state index contributed by atoms with van der Waals surface area (Å²) in [4.78, 5) is 16.5. The Morgan fingerprint density at radius 3 is 2.94 bits per heavy atom. The van der Waals surface area contributed by atoms with Gasteiger partial charge in [-0.05, 0) is 43.5 Å². The summed E-state index contributed by atoms with van der Waals surface area (Å²) in [6.07, 6.45) is 2.30.